The van der Waals surface area contributed by atoms with Gasteiger partial charge in [-0.1, -0.05) is 6.07 Å². The Morgan fingerprint density at radius 1 is 0.869 bits per heavy atom. The molecule has 1 heterocycles. The third kappa shape index (κ3) is 14.2. The Morgan fingerprint density at radius 2 is 1.44 bits per heavy atom. The highest BCUT2D eigenvalue weighted by molar-refractivity contribution is 7.89. The topological polar surface area (TPSA) is 401 Å². The summed E-state index contributed by atoms with van der Waals surface area (Å²) >= 11 is 0. The van der Waals surface area contributed by atoms with E-state index in [1.165, 1.54) is 6.07 Å². The van der Waals surface area contributed by atoms with Crippen LogP contribution >= 0.6 is 0 Å². The number of nitrogens with one attached hydrogen (secondary N) is 3. The number of hydrogen-bond donors (Lipinski definition) is 10. The maximum absolute atomic E-state index is 13.6. The lowest BCUT2D eigenvalue weighted by Gasteiger charge is -2.28. The number of nitrogens with two attached hydrogens (primary N) is 2. The lowest BCUT2D eigenvalue weighted by Crippen LogP contribution is -2.49. The van der Waals surface area contributed by atoms with Gasteiger partial charge in [0.25, 0.3) is 52.3 Å². The summed E-state index contributed by atoms with van der Waals surface area (Å²) in [6.45, 7) is 1.37. The Hall–Kier alpha value is -5.10. The number of benzene rings is 2. The van der Waals surface area contributed by atoms with Crippen molar-refractivity contribution in [3.63, 3.8) is 0 Å². The van der Waals surface area contributed by atoms with Crippen LogP contribution < -0.4 is 27.1 Å². The SMILES string of the molecule is C/C(=C1/Oc2c(ccc(N)c2S(=O)(=O)O)C(c2ccc(C(=O)NC(CCCCN(CCCS(=O)(=O)O)CCCS(=O)(=O)O)C(=O)NN)cc2C(=O)O)=C1/C=C\C=N)S(=O)(=O)O. The first-order valence-corrected chi connectivity index (χ1v) is 23.8. The molecule has 0 radical (unpaired) electrons. The fourth-order valence-electron chi connectivity index (χ4n) is 6.18. The van der Waals surface area contributed by atoms with E-state index in [4.69, 9.17) is 30.8 Å². The molecule has 336 valence electrons. The van der Waals surface area contributed by atoms with E-state index in [0.717, 1.165) is 49.6 Å². The van der Waals surface area contributed by atoms with E-state index < -0.39 is 108 Å². The Kier molecular flexibility index (Phi) is 17.0. The van der Waals surface area contributed by atoms with Crippen molar-refractivity contribution in [1.82, 2.24) is 15.6 Å². The standard InChI is InChI=1S/C34H44N6O17S4/c1-20(60(51,52)53)29-23(7-4-13-35)28(24-11-12-26(36)31(30(24)57-29)61(54,55)56)22-10-9-21(19-25(22)34(43)44)32(41)38-27(33(42)39-37)8-2-3-14-40(15-5-17-58(45,46)47)16-6-18-59(48,49)50/h4,7,9-13,19,27,35H,2-3,5-6,8,14-18,36-37H2,1H3,(H,38,41)(H,39,42)(H,43,44)(H,45,46,47)(H,48,49,50)(H,51,52,53)(H,54,55,56)/b7-4-,29-20-,35-13?. The van der Waals surface area contributed by atoms with E-state index in [2.05, 4.69) is 5.32 Å². The maximum atomic E-state index is 13.6. The van der Waals surface area contributed by atoms with Gasteiger partial charge >= 0.3 is 5.97 Å². The average molecular weight is 937 g/mol. The lowest BCUT2D eigenvalue weighted by molar-refractivity contribution is -0.123. The molecule has 0 spiro atoms. The zero-order chi connectivity index (χ0) is 46.1. The maximum Gasteiger partial charge on any atom is 0.336 e. The number of aromatic carboxylic acids is 1. The molecule has 1 unspecified atom stereocenters. The van der Waals surface area contributed by atoms with Crippen molar-refractivity contribution in [3.05, 3.63) is 81.0 Å². The molecule has 1 aliphatic heterocycles. The first-order valence-electron chi connectivity index (χ1n) is 17.7. The van der Waals surface area contributed by atoms with Gasteiger partial charge in [-0.3, -0.25) is 33.2 Å². The van der Waals surface area contributed by atoms with Gasteiger partial charge in [0.15, 0.2) is 16.4 Å². The van der Waals surface area contributed by atoms with Crippen LogP contribution in [0.15, 0.2) is 63.6 Å². The van der Waals surface area contributed by atoms with Gasteiger partial charge in [-0.2, -0.15) is 33.7 Å². The van der Waals surface area contributed by atoms with Crippen LogP contribution in [-0.4, -0.2) is 123 Å². The number of nitrogens with zero attached hydrogens (tertiary/aromatic N) is 1. The largest absolute Gasteiger partial charge is 0.478 e. The number of ether oxygens (including phenoxy) is 1. The summed E-state index contributed by atoms with van der Waals surface area (Å²) in [7, 11) is -18.9. The average Bonchev–Trinajstić information content (AvgIpc) is 3.14. The first kappa shape index (κ1) is 50.3. The predicted octanol–water partition coefficient (Wildman–Crippen LogP) is 0.849. The number of unbranched alkanes of at least 4 members (excludes halogenated alkanes) is 1. The predicted molar refractivity (Wildman–Crippen MR) is 219 cm³/mol. The molecule has 0 saturated carbocycles. The number of amides is 2. The second-order valence-electron chi connectivity index (χ2n) is 13.3. The van der Waals surface area contributed by atoms with Crippen molar-refractivity contribution in [2.24, 2.45) is 5.84 Å². The molecule has 12 N–H and O–H groups in total. The number of carboxylic acids is 1. The molecular weight excluding hydrogens is 893 g/mol. The van der Waals surface area contributed by atoms with Crippen LogP contribution in [0.4, 0.5) is 5.69 Å². The van der Waals surface area contributed by atoms with Crippen molar-refractivity contribution in [2.75, 3.05) is 36.9 Å². The number of carboxylic acid groups (broad SMARTS) is 1. The van der Waals surface area contributed by atoms with Gasteiger partial charge in [0.05, 0.1) is 22.8 Å². The third-order valence-corrected chi connectivity index (χ3v) is 12.5. The van der Waals surface area contributed by atoms with Crippen LogP contribution in [0.3, 0.4) is 0 Å². The minimum absolute atomic E-state index is 0.00221. The number of fused-ring (bicyclic) bond motifs is 1. The summed E-state index contributed by atoms with van der Waals surface area (Å²) in [5, 5.41) is 20.4. The van der Waals surface area contributed by atoms with E-state index in [1.54, 1.807) is 4.90 Å². The molecule has 27 heteroatoms. The van der Waals surface area contributed by atoms with Crippen LogP contribution in [0.2, 0.25) is 0 Å². The highest BCUT2D eigenvalue weighted by atomic mass is 32.2. The number of carbonyl (C=O) groups excluding carboxylic acids is 2. The van der Waals surface area contributed by atoms with Gasteiger partial charge in [0, 0.05) is 28.5 Å². The molecule has 0 aliphatic carbocycles. The zero-order valence-corrected chi connectivity index (χ0v) is 35.4. The number of anilines is 1. The van der Waals surface area contributed by atoms with Crippen molar-refractivity contribution in [1.29, 1.82) is 5.41 Å². The van der Waals surface area contributed by atoms with Crippen LogP contribution in [-0.2, 0) is 45.3 Å². The highest BCUT2D eigenvalue weighted by Gasteiger charge is 2.36. The van der Waals surface area contributed by atoms with Crippen molar-refractivity contribution < 1.29 is 76.1 Å². The number of rotatable bonds is 22. The molecule has 3 rings (SSSR count). The summed E-state index contributed by atoms with van der Waals surface area (Å²) in [5.74, 6) is -0.767. The van der Waals surface area contributed by atoms with Crippen LogP contribution in [0.25, 0.3) is 5.57 Å². The summed E-state index contributed by atoms with van der Waals surface area (Å²) < 4.78 is 138. The van der Waals surface area contributed by atoms with Crippen molar-refractivity contribution in [2.45, 2.75) is 50.0 Å². The monoisotopic (exact) mass is 936 g/mol. The van der Waals surface area contributed by atoms with Gasteiger partial charge in [-0.15, -0.1) is 0 Å². The number of hydrazine groups is 1. The van der Waals surface area contributed by atoms with E-state index in [9.17, 15) is 62.3 Å². The molecule has 0 bridgehead atoms. The normalized spacial score (nSPS) is 14.9. The molecule has 2 aromatic carbocycles. The molecule has 23 nitrogen and oxygen atoms in total. The summed E-state index contributed by atoms with van der Waals surface area (Å²) in [5.41, 5.74) is 5.13. The Morgan fingerprint density at radius 3 is 1.95 bits per heavy atom. The van der Waals surface area contributed by atoms with Crippen LogP contribution in [0.5, 0.6) is 5.75 Å². The van der Waals surface area contributed by atoms with Gasteiger partial charge in [-0.05, 0) is 101 Å². The van der Waals surface area contributed by atoms with Crippen LogP contribution in [0.1, 0.15) is 70.9 Å². The van der Waals surface area contributed by atoms with Gasteiger partial charge in [-0.25, -0.2) is 10.6 Å². The summed E-state index contributed by atoms with van der Waals surface area (Å²) in [6.07, 6.45) is 3.41. The molecule has 0 saturated heterocycles. The fourth-order valence-corrected chi connectivity index (χ4v) is 8.31. The van der Waals surface area contributed by atoms with E-state index in [1.807, 2.05) is 5.43 Å². The van der Waals surface area contributed by atoms with E-state index >= 15 is 0 Å². The molecule has 1 aliphatic rings. The molecule has 61 heavy (non-hydrogen) atoms. The molecule has 2 amide bonds. The van der Waals surface area contributed by atoms with Gasteiger partial charge in [0.2, 0.25) is 0 Å². The lowest BCUT2D eigenvalue weighted by atomic mass is 9.85. The zero-order valence-electron chi connectivity index (χ0n) is 32.1. The van der Waals surface area contributed by atoms with E-state index in [0.29, 0.717) is 6.42 Å². The molecule has 2 aromatic rings. The fraction of sp³-hybridized carbons (Fsp3) is 0.353. The minimum atomic E-state index is -5.23. The summed E-state index contributed by atoms with van der Waals surface area (Å²) in [6, 6.07) is 4.01. The number of allylic oxidation sites excluding steroid dienone is 3. The molecule has 0 aromatic heterocycles. The molecule has 0 fully saturated rings. The Labute approximate surface area is 351 Å². The highest BCUT2D eigenvalue weighted by Crippen LogP contribution is 2.48. The second kappa shape index (κ2) is 20.6. The smallest absolute Gasteiger partial charge is 0.336 e. The third-order valence-electron chi connectivity index (χ3n) is 8.97. The number of hydrogen-bond acceptors (Lipinski definition) is 16. The van der Waals surface area contributed by atoms with Crippen LogP contribution in [0, 0.1) is 5.41 Å². The number of nitrogen functional groups attached to an aromatic ring is 1. The van der Waals surface area contributed by atoms with Gasteiger partial charge in [0.1, 0.15) is 10.9 Å². The molecular formula is C34H44N6O17S4. The minimum Gasteiger partial charge on any atom is -0.478 e. The van der Waals surface area contributed by atoms with Gasteiger partial charge < -0.3 is 31.2 Å². The van der Waals surface area contributed by atoms with Crippen molar-refractivity contribution >= 4 is 75.7 Å². The van der Waals surface area contributed by atoms with Crippen molar-refractivity contribution in [3.8, 4) is 5.75 Å². The second-order valence-corrected chi connectivity index (χ2v) is 19.4. The molecule has 1 atom stereocenters. The Balaban J connectivity index is 2.05. The Bertz CT molecular complexity index is 2570. The number of carbonyl (C=O) groups is 3. The van der Waals surface area contributed by atoms with E-state index in [-0.39, 0.29) is 73.2 Å². The summed E-state index contributed by atoms with van der Waals surface area (Å²) in [4.78, 5) is 38.9. The quantitative estimate of drug-likeness (QED) is 0.0149. The first-order chi connectivity index (χ1) is 28.2.